The van der Waals surface area contributed by atoms with E-state index in [1.807, 2.05) is 31.2 Å². The Labute approximate surface area is 118 Å². The van der Waals surface area contributed by atoms with Crippen LogP contribution in [0.4, 0.5) is 17.1 Å². The number of carbonyl (C=O) groups excluding carboxylic acids is 1. The highest BCUT2D eigenvalue weighted by Crippen LogP contribution is 2.25. The molecule has 0 aliphatic rings. The number of carbonyl (C=O) groups is 1. The first kappa shape index (κ1) is 13.9. The molecule has 0 amide bonds. The maximum Gasteiger partial charge on any atom is 0.338 e. The van der Waals surface area contributed by atoms with Crippen LogP contribution in [0.3, 0.4) is 0 Å². The standard InChI is InChI=1S/C16H18N2O2/c1-3-20-16(19)12-7-8-14(17)15(10-12)18-13-6-4-5-11(2)9-13/h4-10,18H,3,17H2,1-2H3. The Kier molecular flexibility index (Phi) is 4.25. The molecule has 2 aromatic rings. The molecule has 0 aliphatic heterocycles. The SMILES string of the molecule is CCOC(=O)c1ccc(N)c(Nc2cccc(C)c2)c1. The van der Waals surface area contributed by atoms with Crippen molar-refractivity contribution in [2.75, 3.05) is 17.7 Å². The van der Waals surface area contributed by atoms with Crippen LogP contribution in [0.15, 0.2) is 42.5 Å². The number of benzene rings is 2. The van der Waals surface area contributed by atoms with Crippen LogP contribution in [0.1, 0.15) is 22.8 Å². The molecule has 0 spiro atoms. The number of anilines is 3. The maximum absolute atomic E-state index is 11.7. The minimum absolute atomic E-state index is 0.347. The summed E-state index contributed by atoms with van der Waals surface area (Å²) >= 11 is 0. The molecule has 0 aromatic heterocycles. The number of nitrogens with two attached hydrogens (primary N) is 1. The second-order valence-corrected chi connectivity index (χ2v) is 4.52. The fraction of sp³-hybridized carbons (Fsp3) is 0.188. The third kappa shape index (κ3) is 3.29. The van der Waals surface area contributed by atoms with E-state index < -0.39 is 0 Å². The zero-order chi connectivity index (χ0) is 14.5. The highest BCUT2D eigenvalue weighted by Gasteiger charge is 2.09. The average molecular weight is 270 g/mol. The molecule has 0 saturated carbocycles. The number of nitrogens with one attached hydrogen (secondary N) is 1. The van der Waals surface area contributed by atoms with Crippen molar-refractivity contribution in [2.24, 2.45) is 0 Å². The number of nitrogen functional groups attached to an aromatic ring is 1. The minimum atomic E-state index is -0.347. The summed E-state index contributed by atoms with van der Waals surface area (Å²) in [6, 6.07) is 13.0. The van der Waals surface area contributed by atoms with Crippen LogP contribution in [0.5, 0.6) is 0 Å². The lowest BCUT2D eigenvalue weighted by molar-refractivity contribution is 0.0526. The van der Waals surface area contributed by atoms with Gasteiger partial charge >= 0.3 is 5.97 Å². The molecule has 0 radical (unpaired) electrons. The van der Waals surface area contributed by atoms with Crippen molar-refractivity contribution >= 4 is 23.0 Å². The Morgan fingerprint density at radius 3 is 2.75 bits per heavy atom. The van der Waals surface area contributed by atoms with E-state index >= 15 is 0 Å². The Morgan fingerprint density at radius 2 is 2.05 bits per heavy atom. The zero-order valence-corrected chi connectivity index (χ0v) is 11.6. The van der Waals surface area contributed by atoms with Crippen LogP contribution in [-0.4, -0.2) is 12.6 Å². The van der Waals surface area contributed by atoms with Gasteiger partial charge in [0.05, 0.1) is 23.5 Å². The smallest absolute Gasteiger partial charge is 0.338 e. The Morgan fingerprint density at radius 1 is 1.25 bits per heavy atom. The van der Waals surface area contributed by atoms with E-state index in [4.69, 9.17) is 10.5 Å². The van der Waals surface area contributed by atoms with Gasteiger partial charge in [-0.3, -0.25) is 0 Å². The van der Waals surface area contributed by atoms with E-state index in [1.54, 1.807) is 25.1 Å². The van der Waals surface area contributed by atoms with Crippen LogP contribution >= 0.6 is 0 Å². The first-order valence-electron chi connectivity index (χ1n) is 6.50. The van der Waals surface area contributed by atoms with Crippen molar-refractivity contribution in [3.05, 3.63) is 53.6 Å². The lowest BCUT2D eigenvalue weighted by atomic mass is 10.1. The van der Waals surface area contributed by atoms with Gasteiger partial charge in [-0.1, -0.05) is 12.1 Å². The monoisotopic (exact) mass is 270 g/mol. The van der Waals surface area contributed by atoms with E-state index in [9.17, 15) is 4.79 Å². The first-order valence-corrected chi connectivity index (χ1v) is 6.50. The average Bonchev–Trinajstić information content (AvgIpc) is 2.41. The van der Waals surface area contributed by atoms with Crippen molar-refractivity contribution in [3.8, 4) is 0 Å². The molecule has 2 aromatic carbocycles. The summed E-state index contributed by atoms with van der Waals surface area (Å²) in [5.74, 6) is -0.347. The summed E-state index contributed by atoms with van der Waals surface area (Å²) in [7, 11) is 0. The van der Waals surface area contributed by atoms with Crippen molar-refractivity contribution in [1.29, 1.82) is 0 Å². The number of aryl methyl sites for hydroxylation is 1. The molecular weight excluding hydrogens is 252 g/mol. The second kappa shape index (κ2) is 6.10. The van der Waals surface area contributed by atoms with Gasteiger partial charge in [0.25, 0.3) is 0 Å². The lowest BCUT2D eigenvalue weighted by Crippen LogP contribution is -2.06. The Bertz CT molecular complexity index is 624. The van der Waals surface area contributed by atoms with E-state index in [0.717, 1.165) is 11.3 Å². The van der Waals surface area contributed by atoms with Crippen LogP contribution in [-0.2, 0) is 4.74 Å². The molecule has 0 heterocycles. The molecule has 4 nitrogen and oxygen atoms in total. The molecule has 20 heavy (non-hydrogen) atoms. The van der Waals surface area contributed by atoms with Crippen LogP contribution < -0.4 is 11.1 Å². The van der Waals surface area contributed by atoms with Crippen molar-refractivity contribution in [3.63, 3.8) is 0 Å². The highest BCUT2D eigenvalue weighted by molar-refractivity contribution is 5.92. The van der Waals surface area contributed by atoms with Gasteiger partial charge in [0.2, 0.25) is 0 Å². The van der Waals surface area contributed by atoms with Crippen molar-refractivity contribution in [2.45, 2.75) is 13.8 Å². The molecule has 4 heteroatoms. The molecule has 0 aliphatic carbocycles. The van der Waals surface area contributed by atoms with Gasteiger partial charge in [0.1, 0.15) is 0 Å². The summed E-state index contributed by atoms with van der Waals surface area (Å²) in [6.45, 7) is 4.15. The van der Waals surface area contributed by atoms with Gasteiger partial charge in [-0.05, 0) is 49.7 Å². The molecule has 2 rings (SSSR count). The summed E-state index contributed by atoms with van der Waals surface area (Å²) in [5.41, 5.74) is 9.77. The van der Waals surface area contributed by atoms with Crippen molar-refractivity contribution < 1.29 is 9.53 Å². The van der Waals surface area contributed by atoms with E-state index in [0.29, 0.717) is 23.5 Å². The fourth-order valence-corrected chi connectivity index (χ4v) is 1.88. The fourth-order valence-electron chi connectivity index (χ4n) is 1.88. The third-order valence-corrected chi connectivity index (χ3v) is 2.86. The quantitative estimate of drug-likeness (QED) is 0.659. The molecule has 0 fully saturated rings. The summed E-state index contributed by atoms with van der Waals surface area (Å²) in [4.78, 5) is 11.7. The third-order valence-electron chi connectivity index (χ3n) is 2.86. The number of ether oxygens (including phenoxy) is 1. The van der Waals surface area contributed by atoms with E-state index in [2.05, 4.69) is 5.32 Å². The predicted molar refractivity (Wildman–Crippen MR) is 81.3 cm³/mol. The second-order valence-electron chi connectivity index (χ2n) is 4.52. The normalized spacial score (nSPS) is 10.1. The number of hydrogen-bond acceptors (Lipinski definition) is 4. The van der Waals surface area contributed by atoms with Gasteiger partial charge in [0.15, 0.2) is 0 Å². The minimum Gasteiger partial charge on any atom is -0.462 e. The molecular formula is C16H18N2O2. The number of esters is 1. The van der Waals surface area contributed by atoms with Gasteiger partial charge in [0, 0.05) is 5.69 Å². The van der Waals surface area contributed by atoms with E-state index in [-0.39, 0.29) is 5.97 Å². The number of rotatable bonds is 4. The molecule has 0 bridgehead atoms. The molecule has 0 saturated heterocycles. The van der Waals surface area contributed by atoms with Gasteiger partial charge in [-0.15, -0.1) is 0 Å². The summed E-state index contributed by atoms with van der Waals surface area (Å²) in [6.07, 6.45) is 0. The van der Waals surface area contributed by atoms with Gasteiger partial charge in [-0.2, -0.15) is 0 Å². The van der Waals surface area contributed by atoms with Crippen LogP contribution in [0.25, 0.3) is 0 Å². The van der Waals surface area contributed by atoms with Crippen molar-refractivity contribution in [1.82, 2.24) is 0 Å². The lowest BCUT2D eigenvalue weighted by Gasteiger charge is -2.11. The van der Waals surface area contributed by atoms with Crippen LogP contribution in [0.2, 0.25) is 0 Å². The first-order chi connectivity index (χ1) is 9.60. The molecule has 0 atom stereocenters. The topological polar surface area (TPSA) is 64.3 Å². The Balaban J connectivity index is 2.27. The molecule has 0 unspecified atom stereocenters. The number of hydrogen-bond donors (Lipinski definition) is 2. The summed E-state index contributed by atoms with van der Waals surface area (Å²) < 4.78 is 4.98. The largest absolute Gasteiger partial charge is 0.462 e. The Hall–Kier alpha value is -2.49. The predicted octanol–water partition coefficient (Wildman–Crippen LogP) is 3.50. The molecule has 104 valence electrons. The summed E-state index contributed by atoms with van der Waals surface area (Å²) in [5, 5.41) is 3.22. The zero-order valence-electron chi connectivity index (χ0n) is 11.6. The van der Waals surface area contributed by atoms with Gasteiger partial charge < -0.3 is 15.8 Å². The maximum atomic E-state index is 11.7. The van der Waals surface area contributed by atoms with E-state index in [1.165, 1.54) is 0 Å². The highest BCUT2D eigenvalue weighted by atomic mass is 16.5. The van der Waals surface area contributed by atoms with Gasteiger partial charge in [-0.25, -0.2) is 4.79 Å². The van der Waals surface area contributed by atoms with Crippen LogP contribution in [0, 0.1) is 6.92 Å². The molecule has 3 N–H and O–H groups in total.